The second-order valence-corrected chi connectivity index (χ2v) is 11.9. The quantitative estimate of drug-likeness (QED) is 0.328. The van der Waals surface area contributed by atoms with Crippen molar-refractivity contribution in [3.05, 3.63) is 45.3 Å². The van der Waals surface area contributed by atoms with Crippen LogP contribution in [0, 0.1) is 11.8 Å². The summed E-state index contributed by atoms with van der Waals surface area (Å²) in [6.45, 7) is 7.34. The molecule has 0 saturated carbocycles. The van der Waals surface area contributed by atoms with Gasteiger partial charge >= 0.3 is 12.1 Å². The molecule has 39 heavy (non-hydrogen) atoms. The molecule has 206 valence electrons. The SMILES string of the molecule is CC(C)(C)OC(=O)N1CCC[C@@H](Oc2nccc(C#Cc3c(Cl)cc4c(cnn4C4CCCCO4)c3Br)n2)C1. The van der Waals surface area contributed by atoms with Crippen molar-refractivity contribution in [1.82, 2.24) is 24.6 Å². The molecule has 2 fully saturated rings. The number of amides is 1. The van der Waals surface area contributed by atoms with E-state index < -0.39 is 5.60 Å². The minimum Gasteiger partial charge on any atom is -0.458 e. The van der Waals surface area contributed by atoms with E-state index in [0.29, 0.717) is 29.4 Å². The Morgan fingerprint density at radius 3 is 2.85 bits per heavy atom. The highest BCUT2D eigenvalue weighted by molar-refractivity contribution is 9.10. The van der Waals surface area contributed by atoms with Crippen LogP contribution in [0.5, 0.6) is 6.01 Å². The molecule has 2 aliphatic heterocycles. The van der Waals surface area contributed by atoms with E-state index >= 15 is 0 Å². The first-order chi connectivity index (χ1) is 18.7. The van der Waals surface area contributed by atoms with Crippen LogP contribution in [0.3, 0.4) is 0 Å². The first-order valence-corrected chi connectivity index (χ1v) is 14.3. The number of benzene rings is 1. The monoisotopic (exact) mass is 615 g/mol. The number of rotatable bonds is 3. The van der Waals surface area contributed by atoms with E-state index in [4.69, 9.17) is 25.8 Å². The topological polar surface area (TPSA) is 91.6 Å². The van der Waals surface area contributed by atoms with Crippen molar-refractivity contribution >= 4 is 44.5 Å². The normalized spacial score (nSPS) is 19.9. The first kappa shape index (κ1) is 27.7. The number of fused-ring (bicyclic) bond motifs is 1. The molecule has 0 spiro atoms. The number of aromatic nitrogens is 4. The predicted molar refractivity (Wildman–Crippen MR) is 151 cm³/mol. The molecule has 4 heterocycles. The Hall–Kier alpha value is -2.87. The molecular formula is C28H31BrClN5O4. The molecular weight excluding hydrogens is 586 g/mol. The summed E-state index contributed by atoms with van der Waals surface area (Å²) >= 11 is 10.3. The molecule has 0 bridgehead atoms. The van der Waals surface area contributed by atoms with Crippen LogP contribution in [-0.4, -0.2) is 62.1 Å². The third kappa shape index (κ3) is 6.65. The fourth-order valence-corrected chi connectivity index (χ4v) is 5.62. The van der Waals surface area contributed by atoms with Crippen molar-refractivity contribution < 1.29 is 19.0 Å². The summed E-state index contributed by atoms with van der Waals surface area (Å²) in [7, 11) is 0. The van der Waals surface area contributed by atoms with E-state index in [9.17, 15) is 4.79 Å². The fraction of sp³-hybridized carbons (Fsp3) is 0.500. The summed E-state index contributed by atoms with van der Waals surface area (Å²) in [5.74, 6) is 6.22. The Balaban J connectivity index is 1.31. The molecule has 0 aliphatic carbocycles. The third-order valence-electron chi connectivity index (χ3n) is 6.47. The van der Waals surface area contributed by atoms with Gasteiger partial charge in [0.1, 0.15) is 17.4 Å². The number of likely N-dealkylation sites (tertiary alicyclic amines) is 1. The standard InChI is InChI=1S/C28H31BrClN5O4/c1-28(2,3)39-27(36)34-13-6-7-19(17-34)38-26-31-12-11-18(33-26)9-10-20-22(30)15-23-21(25(20)29)16-32-35(23)24-8-4-5-14-37-24/h11-12,15-16,19,24H,4-8,13-14,17H2,1-3H3/t19-,24?/m1/s1. The zero-order chi connectivity index (χ0) is 27.6. The minimum absolute atomic E-state index is 0.0871. The lowest BCUT2D eigenvalue weighted by Gasteiger charge is -2.33. The molecule has 2 saturated heterocycles. The zero-order valence-electron chi connectivity index (χ0n) is 22.2. The van der Waals surface area contributed by atoms with Gasteiger partial charge in [0.05, 0.1) is 28.8 Å². The fourth-order valence-electron chi connectivity index (χ4n) is 4.65. The number of halogens is 2. The molecule has 9 nitrogen and oxygen atoms in total. The number of piperidine rings is 1. The second-order valence-electron chi connectivity index (χ2n) is 10.7. The second kappa shape index (κ2) is 11.7. The maximum atomic E-state index is 12.5. The van der Waals surface area contributed by atoms with Gasteiger partial charge in [0.2, 0.25) is 0 Å². The van der Waals surface area contributed by atoms with Crippen molar-refractivity contribution in [3.8, 4) is 17.9 Å². The number of hydrogen-bond donors (Lipinski definition) is 0. The van der Waals surface area contributed by atoms with Gasteiger partial charge < -0.3 is 19.1 Å². The van der Waals surface area contributed by atoms with Gasteiger partial charge in [0.25, 0.3) is 0 Å². The summed E-state index contributed by atoms with van der Waals surface area (Å²) in [5, 5.41) is 5.99. The summed E-state index contributed by atoms with van der Waals surface area (Å²) in [6.07, 6.45) is 7.45. The molecule has 1 aromatic carbocycles. The lowest BCUT2D eigenvalue weighted by atomic mass is 10.1. The van der Waals surface area contributed by atoms with Crippen LogP contribution < -0.4 is 4.74 Å². The Kier molecular flexibility index (Phi) is 8.31. The van der Waals surface area contributed by atoms with E-state index in [1.807, 2.05) is 31.5 Å². The van der Waals surface area contributed by atoms with Crippen LogP contribution >= 0.6 is 27.5 Å². The maximum absolute atomic E-state index is 12.5. The van der Waals surface area contributed by atoms with Gasteiger partial charge in [-0.25, -0.2) is 14.5 Å². The molecule has 2 atom stereocenters. The van der Waals surface area contributed by atoms with Gasteiger partial charge in [-0.15, -0.1) is 0 Å². The molecule has 2 aliphatic rings. The molecule has 1 unspecified atom stereocenters. The average molecular weight is 617 g/mol. The smallest absolute Gasteiger partial charge is 0.410 e. The van der Waals surface area contributed by atoms with Crippen molar-refractivity contribution in [2.75, 3.05) is 19.7 Å². The summed E-state index contributed by atoms with van der Waals surface area (Å²) in [4.78, 5) is 22.9. The highest BCUT2D eigenvalue weighted by Crippen LogP contribution is 2.35. The average Bonchev–Trinajstić information content (AvgIpc) is 3.32. The highest BCUT2D eigenvalue weighted by Gasteiger charge is 2.29. The molecule has 0 radical (unpaired) electrons. The lowest BCUT2D eigenvalue weighted by Crippen LogP contribution is -2.46. The van der Waals surface area contributed by atoms with E-state index in [1.54, 1.807) is 23.4 Å². The number of ether oxygens (including phenoxy) is 3. The van der Waals surface area contributed by atoms with Crippen LogP contribution in [0.4, 0.5) is 4.79 Å². The van der Waals surface area contributed by atoms with Crippen molar-refractivity contribution in [2.45, 2.75) is 70.8 Å². The van der Waals surface area contributed by atoms with E-state index in [1.165, 1.54) is 0 Å². The van der Waals surface area contributed by atoms with E-state index in [0.717, 1.165) is 54.1 Å². The van der Waals surface area contributed by atoms with Crippen LogP contribution in [0.1, 0.15) is 70.4 Å². The number of hydrogen-bond acceptors (Lipinski definition) is 7. The molecule has 2 aromatic heterocycles. The Bertz CT molecular complexity index is 1420. The third-order valence-corrected chi connectivity index (χ3v) is 7.59. The van der Waals surface area contributed by atoms with E-state index in [-0.39, 0.29) is 24.4 Å². The van der Waals surface area contributed by atoms with Crippen molar-refractivity contribution in [3.63, 3.8) is 0 Å². The Labute approximate surface area is 241 Å². The lowest BCUT2D eigenvalue weighted by molar-refractivity contribution is -0.0366. The van der Waals surface area contributed by atoms with Crippen LogP contribution in [0.2, 0.25) is 5.02 Å². The van der Waals surface area contributed by atoms with Crippen molar-refractivity contribution in [1.29, 1.82) is 0 Å². The van der Waals surface area contributed by atoms with Crippen LogP contribution in [0.25, 0.3) is 10.9 Å². The zero-order valence-corrected chi connectivity index (χ0v) is 24.6. The molecule has 11 heteroatoms. The van der Waals surface area contributed by atoms with Crippen LogP contribution in [0.15, 0.2) is 29.0 Å². The van der Waals surface area contributed by atoms with Crippen molar-refractivity contribution in [2.24, 2.45) is 0 Å². The molecule has 3 aromatic rings. The Morgan fingerprint density at radius 2 is 2.08 bits per heavy atom. The minimum atomic E-state index is -0.548. The number of nitrogens with zero attached hydrogens (tertiary/aromatic N) is 5. The first-order valence-electron chi connectivity index (χ1n) is 13.1. The number of carbonyl (C=O) groups excluding carboxylic acids is 1. The molecule has 0 N–H and O–H groups in total. The van der Waals surface area contributed by atoms with Gasteiger partial charge in [-0.3, -0.25) is 0 Å². The maximum Gasteiger partial charge on any atom is 0.410 e. The summed E-state index contributed by atoms with van der Waals surface area (Å²) < 4.78 is 20.1. The van der Waals surface area contributed by atoms with Gasteiger partial charge in [-0.05, 0) is 86.9 Å². The van der Waals surface area contributed by atoms with Gasteiger partial charge in [-0.1, -0.05) is 17.5 Å². The van der Waals surface area contributed by atoms with Gasteiger partial charge in [0, 0.05) is 29.2 Å². The van der Waals surface area contributed by atoms with E-state index in [2.05, 4.69) is 42.8 Å². The molecule has 5 rings (SSSR count). The molecule has 1 amide bonds. The number of carbonyl (C=O) groups is 1. The summed E-state index contributed by atoms with van der Waals surface area (Å²) in [6, 6.07) is 3.81. The summed E-state index contributed by atoms with van der Waals surface area (Å²) in [5.41, 5.74) is 1.49. The van der Waals surface area contributed by atoms with Gasteiger partial charge in [0.15, 0.2) is 6.23 Å². The highest BCUT2D eigenvalue weighted by atomic mass is 79.9. The largest absolute Gasteiger partial charge is 0.458 e. The predicted octanol–water partition coefficient (Wildman–Crippen LogP) is 6.12. The van der Waals surface area contributed by atoms with Gasteiger partial charge in [-0.2, -0.15) is 10.1 Å². The Morgan fingerprint density at radius 1 is 1.23 bits per heavy atom. The van der Waals surface area contributed by atoms with Crippen LogP contribution in [-0.2, 0) is 9.47 Å².